The van der Waals surface area contributed by atoms with E-state index < -0.39 is 0 Å². The lowest BCUT2D eigenvalue weighted by atomic mass is 10.1. The first-order valence-electron chi connectivity index (χ1n) is 5.27. The van der Waals surface area contributed by atoms with E-state index in [0.717, 1.165) is 37.2 Å². The molecule has 2 heterocycles. The van der Waals surface area contributed by atoms with Crippen LogP contribution in [0.2, 0.25) is 0 Å². The average molecular weight is 195 g/mol. The topological polar surface area (TPSA) is 49.8 Å². The van der Waals surface area contributed by atoms with Crippen molar-refractivity contribution in [2.24, 2.45) is 0 Å². The van der Waals surface area contributed by atoms with Gasteiger partial charge in [-0.05, 0) is 26.3 Å². The van der Waals surface area contributed by atoms with Crippen molar-refractivity contribution < 1.29 is 0 Å². The van der Waals surface area contributed by atoms with Crippen LogP contribution in [0.5, 0.6) is 0 Å². The minimum absolute atomic E-state index is 0.0989. The highest BCUT2D eigenvalue weighted by Crippen LogP contribution is 2.16. The molecule has 2 N–H and O–H groups in total. The van der Waals surface area contributed by atoms with Gasteiger partial charge in [0.15, 0.2) is 0 Å². The van der Waals surface area contributed by atoms with Crippen LogP contribution in [0.3, 0.4) is 0 Å². The molecular formula is C10H17N3O. The summed E-state index contributed by atoms with van der Waals surface area (Å²) < 4.78 is 2.02. The van der Waals surface area contributed by atoms with Gasteiger partial charge in [0.2, 0.25) is 0 Å². The van der Waals surface area contributed by atoms with E-state index in [1.54, 1.807) is 0 Å². The van der Waals surface area contributed by atoms with Crippen LogP contribution < -0.4 is 10.9 Å². The average Bonchev–Trinajstić information content (AvgIpc) is 2.56. The van der Waals surface area contributed by atoms with Crippen molar-refractivity contribution in [1.29, 1.82) is 0 Å². The number of aromatic nitrogens is 2. The maximum atomic E-state index is 11.6. The van der Waals surface area contributed by atoms with Crippen LogP contribution in [-0.4, -0.2) is 16.3 Å². The van der Waals surface area contributed by atoms with Gasteiger partial charge in [0.25, 0.3) is 5.56 Å². The molecule has 1 atom stereocenters. The van der Waals surface area contributed by atoms with Crippen molar-refractivity contribution in [3.05, 3.63) is 21.6 Å². The Balaban J connectivity index is 2.46. The second-order valence-corrected chi connectivity index (χ2v) is 3.92. The first-order valence-corrected chi connectivity index (χ1v) is 5.27. The smallest absolute Gasteiger partial charge is 0.267 e. The standard InChI is InChI=1S/C10H17N3O/c1-3-7(2)13-9-6-11-5-4-8(9)10(14)12-13/h7,11H,3-6H2,1-2H3,(H,12,14)/t7-/m1/s1. The van der Waals surface area contributed by atoms with Crippen LogP contribution in [0.4, 0.5) is 0 Å². The lowest BCUT2D eigenvalue weighted by Gasteiger charge is -2.18. The molecule has 0 amide bonds. The number of rotatable bonds is 2. The Kier molecular flexibility index (Phi) is 2.46. The molecule has 1 aromatic rings. The number of H-pyrrole nitrogens is 1. The van der Waals surface area contributed by atoms with Gasteiger partial charge in [0.05, 0.1) is 5.69 Å². The number of hydrogen-bond donors (Lipinski definition) is 2. The summed E-state index contributed by atoms with van der Waals surface area (Å²) in [5, 5.41) is 6.22. The third-order valence-electron chi connectivity index (χ3n) is 3.01. The van der Waals surface area contributed by atoms with E-state index in [2.05, 4.69) is 24.3 Å². The van der Waals surface area contributed by atoms with Crippen LogP contribution in [-0.2, 0) is 13.0 Å². The molecule has 0 aromatic carbocycles. The fraction of sp³-hybridized carbons (Fsp3) is 0.700. The lowest BCUT2D eigenvalue weighted by molar-refractivity contribution is 0.444. The number of hydrogen-bond acceptors (Lipinski definition) is 2. The van der Waals surface area contributed by atoms with Crippen LogP contribution in [0.25, 0.3) is 0 Å². The van der Waals surface area contributed by atoms with Crippen molar-refractivity contribution in [1.82, 2.24) is 15.1 Å². The van der Waals surface area contributed by atoms with Crippen molar-refractivity contribution >= 4 is 0 Å². The summed E-state index contributed by atoms with van der Waals surface area (Å²) in [6, 6.07) is 0.381. The van der Waals surface area contributed by atoms with E-state index in [4.69, 9.17) is 0 Å². The van der Waals surface area contributed by atoms with Gasteiger partial charge in [-0.15, -0.1) is 0 Å². The minimum Gasteiger partial charge on any atom is -0.311 e. The van der Waals surface area contributed by atoms with Gasteiger partial charge in [0.1, 0.15) is 0 Å². The summed E-state index contributed by atoms with van der Waals surface area (Å²) in [4.78, 5) is 11.6. The summed E-state index contributed by atoms with van der Waals surface area (Å²) in [5.74, 6) is 0. The van der Waals surface area contributed by atoms with Gasteiger partial charge in [-0.3, -0.25) is 14.6 Å². The fourth-order valence-corrected chi connectivity index (χ4v) is 1.95. The van der Waals surface area contributed by atoms with E-state index in [9.17, 15) is 4.79 Å². The highest BCUT2D eigenvalue weighted by molar-refractivity contribution is 5.21. The Morgan fingerprint density at radius 1 is 1.57 bits per heavy atom. The molecule has 0 spiro atoms. The molecule has 1 aromatic heterocycles. The van der Waals surface area contributed by atoms with E-state index in [1.807, 2.05) is 4.68 Å². The lowest BCUT2D eigenvalue weighted by Crippen LogP contribution is -2.27. The number of aromatic amines is 1. The molecule has 1 aliphatic rings. The van der Waals surface area contributed by atoms with E-state index in [-0.39, 0.29) is 5.56 Å². The maximum absolute atomic E-state index is 11.6. The molecular weight excluding hydrogens is 178 g/mol. The normalized spacial score (nSPS) is 17.9. The molecule has 0 saturated heterocycles. The summed E-state index contributed by atoms with van der Waals surface area (Å²) in [5.41, 5.74) is 2.22. The minimum atomic E-state index is 0.0989. The molecule has 0 unspecified atom stereocenters. The Labute approximate surface area is 83.3 Å². The maximum Gasteiger partial charge on any atom is 0.267 e. The van der Waals surface area contributed by atoms with Gasteiger partial charge in [0, 0.05) is 18.2 Å². The largest absolute Gasteiger partial charge is 0.311 e. The zero-order valence-corrected chi connectivity index (χ0v) is 8.76. The molecule has 0 saturated carbocycles. The fourth-order valence-electron chi connectivity index (χ4n) is 1.95. The molecule has 0 aliphatic carbocycles. The molecule has 78 valence electrons. The van der Waals surface area contributed by atoms with Crippen LogP contribution >= 0.6 is 0 Å². The molecule has 2 rings (SSSR count). The zero-order valence-electron chi connectivity index (χ0n) is 8.76. The number of nitrogens with one attached hydrogen (secondary N) is 2. The predicted octanol–water partition coefficient (Wildman–Crippen LogP) is 0.793. The van der Waals surface area contributed by atoms with E-state index in [0.29, 0.717) is 6.04 Å². The van der Waals surface area contributed by atoms with Crippen molar-refractivity contribution in [2.75, 3.05) is 6.54 Å². The Hall–Kier alpha value is -1.03. The third-order valence-corrected chi connectivity index (χ3v) is 3.01. The first-order chi connectivity index (χ1) is 6.74. The van der Waals surface area contributed by atoms with E-state index >= 15 is 0 Å². The molecule has 4 heteroatoms. The number of nitrogens with zero attached hydrogens (tertiary/aromatic N) is 1. The quantitative estimate of drug-likeness (QED) is 0.733. The van der Waals surface area contributed by atoms with Crippen LogP contribution in [0, 0.1) is 0 Å². The van der Waals surface area contributed by atoms with Crippen molar-refractivity contribution in [2.45, 2.75) is 39.3 Å². The predicted molar refractivity (Wildman–Crippen MR) is 55.5 cm³/mol. The molecule has 14 heavy (non-hydrogen) atoms. The van der Waals surface area contributed by atoms with Gasteiger partial charge in [-0.2, -0.15) is 0 Å². The number of fused-ring (bicyclic) bond motifs is 1. The monoisotopic (exact) mass is 195 g/mol. The third kappa shape index (κ3) is 1.39. The highest BCUT2D eigenvalue weighted by atomic mass is 16.1. The summed E-state index contributed by atoms with van der Waals surface area (Å²) >= 11 is 0. The zero-order chi connectivity index (χ0) is 10.1. The van der Waals surface area contributed by atoms with Gasteiger partial charge in [-0.1, -0.05) is 6.92 Å². The van der Waals surface area contributed by atoms with Crippen molar-refractivity contribution in [3.63, 3.8) is 0 Å². The molecule has 0 radical (unpaired) electrons. The SMILES string of the molecule is CC[C@@H](C)n1[nH]c(=O)c2c1CNCC2. The van der Waals surface area contributed by atoms with Gasteiger partial charge in [-0.25, -0.2) is 0 Å². The first kappa shape index (κ1) is 9.52. The Morgan fingerprint density at radius 3 is 3.07 bits per heavy atom. The Morgan fingerprint density at radius 2 is 2.36 bits per heavy atom. The second kappa shape index (κ2) is 3.61. The Bertz CT molecular complexity index is 377. The highest BCUT2D eigenvalue weighted by Gasteiger charge is 2.19. The summed E-state index contributed by atoms with van der Waals surface area (Å²) in [6.07, 6.45) is 1.89. The van der Waals surface area contributed by atoms with Crippen molar-refractivity contribution in [3.8, 4) is 0 Å². The second-order valence-electron chi connectivity index (χ2n) is 3.92. The molecule has 0 fully saturated rings. The molecule has 4 nitrogen and oxygen atoms in total. The molecule has 0 bridgehead atoms. The molecule has 1 aliphatic heterocycles. The van der Waals surface area contributed by atoms with Crippen LogP contribution in [0.1, 0.15) is 37.6 Å². The summed E-state index contributed by atoms with van der Waals surface area (Å²) in [7, 11) is 0. The summed E-state index contributed by atoms with van der Waals surface area (Å²) in [6.45, 7) is 6.00. The van der Waals surface area contributed by atoms with E-state index in [1.165, 1.54) is 0 Å². The van der Waals surface area contributed by atoms with Gasteiger partial charge < -0.3 is 5.32 Å². The van der Waals surface area contributed by atoms with Crippen LogP contribution in [0.15, 0.2) is 4.79 Å². The van der Waals surface area contributed by atoms with Gasteiger partial charge >= 0.3 is 0 Å².